The van der Waals surface area contributed by atoms with Crippen LogP contribution in [0.3, 0.4) is 0 Å². The first-order valence-electron chi connectivity index (χ1n) is 4.82. The van der Waals surface area contributed by atoms with Crippen molar-refractivity contribution in [1.29, 1.82) is 0 Å². The fraction of sp³-hybridized carbons (Fsp3) is 0.364. The smallest absolute Gasteiger partial charge is 0.310 e. The van der Waals surface area contributed by atoms with E-state index in [-0.39, 0.29) is 12.2 Å². The Bertz CT molecular complexity index is 362. The summed E-state index contributed by atoms with van der Waals surface area (Å²) in [6.45, 7) is 1.72. The zero-order valence-corrected chi connectivity index (χ0v) is 9.09. The van der Waals surface area contributed by atoms with Crippen molar-refractivity contribution in [3.8, 4) is 0 Å². The average Bonchev–Trinajstić information content (AvgIpc) is 2.27. The third-order valence-corrected chi connectivity index (χ3v) is 2.15. The minimum absolute atomic E-state index is 0.116. The number of nitrogens with one attached hydrogen (secondary N) is 1. The van der Waals surface area contributed by atoms with Gasteiger partial charge in [-0.15, -0.1) is 0 Å². The van der Waals surface area contributed by atoms with E-state index >= 15 is 0 Å². The maximum absolute atomic E-state index is 13.2. The molecule has 88 valence electrons. The predicted octanol–water partition coefficient (Wildman–Crippen LogP) is 2.19. The maximum Gasteiger partial charge on any atom is 0.310 e. The van der Waals surface area contributed by atoms with Gasteiger partial charge in [-0.3, -0.25) is 4.79 Å². The normalized spacial score (nSPS) is 12.0. The van der Waals surface area contributed by atoms with Gasteiger partial charge in [0.1, 0.15) is 17.3 Å². The molecule has 0 aliphatic carbocycles. The van der Waals surface area contributed by atoms with Crippen LogP contribution >= 0.6 is 0 Å². The summed E-state index contributed by atoms with van der Waals surface area (Å²) >= 11 is 0. The van der Waals surface area contributed by atoms with Crippen LogP contribution < -0.4 is 5.32 Å². The molecule has 0 bridgehead atoms. The van der Waals surface area contributed by atoms with Gasteiger partial charge in [0.2, 0.25) is 0 Å². The summed E-state index contributed by atoms with van der Waals surface area (Å²) in [5.41, 5.74) is -0.224. The molecule has 1 aromatic rings. The molecule has 0 radical (unpaired) electrons. The third kappa shape index (κ3) is 2.92. The molecule has 0 fully saturated rings. The van der Waals surface area contributed by atoms with Crippen molar-refractivity contribution < 1.29 is 18.3 Å². The van der Waals surface area contributed by atoms with E-state index in [0.717, 1.165) is 12.1 Å². The van der Waals surface area contributed by atoms with Crippen LogP contribution in [0.1, 0.15) is 6.92 Å². The molecule has 5 heteroatoms. The van der Waals surface area contributed by atoms with Gasteiger partial charge in [0, 0.05) is 6.54 Å². The maximum atomic E-state index is 13.2. The molecule has 16 heavy (non-hydrogen) atoms. The summed E-state index contributed by atoms with van der Waals surface area (Å²) < 4.78 is 30.8. The van der Waals surface area contributed by atoms with Gasteiger partial charge in [-0.1, -0.05) is 13.0 Å². The number of carbonyl (C=O) groups excluding carboxylic acids is 1. The van der Waals surface area contributed by atoms with Crippen molar-refractivity contribution in [2.24, 2.45) is 5.92 Å². The molecule has 0 saturated carbocycles. The fourth-order valence-corrected chi connectivity index (χ4v) is 1.21. The van der Waals surface area contributed by atoms with Crippen molar-refractivity contribution in [2.45, 2.75) is 6.92 Å². The Hall–Kier alpha value is -1.65. The van der Waals surface area contributed by atoms with Gasteiger partial charge in [-0.25, -0.2) is 8.78 Å². The fourth-order valence-electron chi connectivity index (χ4n) is 1.21. The van der Waals surface area contributed by atoms with Gasteiger partial charge in [0.05, 0.1) is 13.0 Å². The summed E-state index contributed by atoms with van der Waals surface area (Å²) in [7, 11) is 1.27. The second-order valence-electron chi connectivity index (χ2n) is 3.40. The minimum atomic E-state index is -0.683. The molecule has 0 spiro atoms. The van der Waals surface area contributed by atoms with Crippen LogP contribution in [0, 0.1) is 17.6 Å². The molecular weight excluding hydrogens is 216 g/mol. The lowest BCUT2D eigenvalue weighted by atomic mass is 10.2. The minimum Gasteiger partial charge on any atom is -0.469 e. The first kappa shape index (κ1) is 12.4. The number of halogens is 2. The van der Waals surface area contributed by atoms with Gasteiger partial charge >= 0.3 is 5.97 Å². The van der Waals surface area contributed by atoms with E-state index in [0.29, 0.717) is 0 Å². The highest BCUT2D eigenvalue weighted by atomic mass is 19.1. The summed E-state index contributed by atoms with van der Waals surface area (Å²) in [4.78, 5) is 11.1. The van der Waals surface area contributed by atoms with Crippen molar-refractivity contribution >= 4 is 11.7 Å². The molecule has 0 aliphatic rings. The van der Waals surface area contributed by atoms with Crippen molar-refractivity contribution in [1.82, 2.24) is 0 Å². The number of para-hydroxylation sites is 1. The number of hydrogen-bond donors (Lipinski definition) is 1. The summed E-state index contributed by atoms with van der Waals surface area (Å²) in [6.07, 6.45) is 0. The van der Waals surface area contributed by atoms with Crippen LogP contribution in [0.4, 0.5) is 14.5 Å². The molecule has 1 aromatic carbocycles. The Balaban J connectivity index is 2.64. The molecule has 0 heterocycles. The van der Waals surface area contributed by atoms with E-state index in [4.69, 9.17) is 0 Å². The molecule has 0 aliphatic heterocycles. The second kappa shape index (κ2) is 5.44. The van der Waals surface area contributed by atoms with Crippen LogP contribution in [-0.2, 0) is 9.53 Å². The summed E-state index contributed by atoms with van der Waals surface area (Å²) in [5.74, 6) is -2.26. The highest BCUT2D eigenvalue weighted by molar-refractivity contribution is 5.72. The molecule has 1 rings (SSSR count). The monoisotopic (exact) mass is 229 g/mol. The predicted molar refractivity (Wildman–Crippen MR) is 56.0 cm³/mol. The van der Waals surface area contributed by atoms with Crippen molar-refractivity contribution in [3.63, 3.8) is 0 Å². The second-order valence-corrected chi connectivity index (χ2v) is 3.40. The molecule has 0 aromatic heterocycles. The summed E-state index contributed by atoms with van der Waals surface area (Å²) in [6, 6.07) is 3.57. The molecule has 3 nitrogen and oxygen atoms in total. The zero-order valence-electron chi connectivity index (χ0n) is 9.09. The standard InChI is InChI=1S/C11H13F2NO2/c1-7(11(15)16-2)6-14-10-8(12)4-3-5-9(10)13/h3-5,7,14H,6H2,1-2H3. The van der Waals surface area contributed by atoms with Crippen LogP contribution in [0.15, 0.2) is 18.2 Å². The first-order chi connectivity index (χ1) is 7.56. The first-order valence-corrected chi connectivity index (χ1v) is 4.82. The number of anilines is 1. The Kier molecular flexibility index (Phi) is 4.22. The van der Waals surface area contributed by atoms with Crippen molar-refractivity contribution in [3.05, 3.63) is 29.8 Å². The van der Waals surface area contributed by atoms with E-state index in [9.17, 15) is 13.6 Å². The average molecular weight is 229 g/mol. The van der Waals surface area contributed by atoms with E-state index in [2.05, 4.69) is 10.1 Å². The molecule has 1 unspecified atom stereocenters. The Labute approximate surface area is 92.4 Å². The van der Waals surface area contributed by atoms with Crippen LogP contribution in [0.5, 0.6) is 0 Å². The van der Waals surface area contributed by atoms with Gasteiger partial charge in [0.15, 0.2) is 0 Å². The van der Waals surface area contributed by atoms with Crippen LogP contribution in [-0.4, -0.2) is 19.6 Å². The molecule has 1 N–H and O–H groups in total. The number of carbonyl (C=O) groups is 1. The quantitative estimate of drug-likeness (QED) is 0.804. The third-order valence-electron chi connectivity index (χ3n) is 2.15. The van der Waals surface area contributed by atoms with Gasteiger partial charge < -0.3 is 10.1 Å². The number of methoxy groups -OCH3 is 1. The van der Waals surface area contributed by atoms with E-state index in [1.165, 1.54) is 13.2 Å². The molecular formula is C11H13F2NO2. The topological polar surface area (TPSA) is 38.3 Å². The number of ether oxygens (including phenoxy) is 1. The number of benzene rings is 1. The van der Waals surface area contributed by atoms with Gasteiger partial charge in [-0.2, -0.15) is 0 Å². The van der Waals surface area contributed by atoms with E-state index in [1.54, 1.807) is 6.92 Å². The summed E-state index contributed by atoms with van der Waals surface area (Å²) in [5, 5.41) is 2.55. The lowest BCUT2D eigenvalue weighted by molar-refractivity contribution is -0.144. The largest absolute Gasteiger partial charge is 0.469 e. The number of esters is 1. The molecule has 0 saturated heterocycles. The zero-order chi connectivity index (χ0) is 12.1. The molecule has 0 amide bonds. The Morgan fingerprint density at radius 3 is 2.50 bits per heavy atom. The Morgan fingerprint density at radius 1 is 1.44 bits per heavy atom. The van der Waals surface area contributed by atoms with E-state index < -0.39 is 23.5 Å². The molecule has 1 atom stereocenters. The number of hydrogen-bond acceptors (Lipinski definition) is 3. The van der Waals surface area contributed by atoms with Crippen LogP contribution in [0.2, 0.25) is 0 Å². The van der Waals surface area contributed by atoms with E-state index in [1.807, 2.05) is 0 Å². The lowest BCUT2D eigenvalue weighted by Gasteiger charge is -2.12. The lowest BCUT2D eigenvalue weighted by Crippen LogP contribution is -2.22. The highest BCUT2D eigenvalue weighted by Crippen LogP contribution is 2.18. The van der Waals surface area contributed by atoms with Crippen LogP contribution in [0.25, 0.3) is 0 Å². The van der Waals surface area contributed by atoms with Gasteiger partial charge in [-0.05, 0) is 12.1 Å². The Morgan fingerprint density at radius 2 is 2.00 bits per heavy atom. The SMILES string of the molecule is COC(=O)C(C)CNc1c(F)cccc1F. The van der Waals surface area contributed by atoms with Crippen molar-refractivity contribution in [2.75, 3.05) is 19.0 Å². The number of rotatable bonds is 4. The highest BCUT2D eigenvalue weighted by Gasteiger charge is 2.15. The van der Waals surface area contributed by atoms with Gasteiger partial charge in [0.25, 0.3) is 0 Å².